The molecule has 2 heterocycles. The first-order valence-electron chi connectivity index (χ1n) is 7.38. The van der Waals surface area contributed by atoms with Crippen molar-refractivity contribution < 1.29 is 4.74 Å². The fraction of sp³-hybridized carbons (Fsp3) is 0.167. The smallest absolute Gasteiger partial charge is 0.154 e. The van der Waals surface area contributed by atoms with E-state index in [1.165, 1.54) is 5.57 Å². The zero-order valence-corrected chi connectivity index (χ0v) is 13.8. The van der Waals surface area contributed by atoms with Gasteiger partial charge in [0, 0.05) is 29.5 Å². The van der Waals surface area contributed by atoms with Gasteiger partial charge in [-0.2, -0.15) is 0 Å². The van der Waals surface area contributed by atoms with Gasteiger partial charge in [0.05, 0.1) is 10.5 Å². The van der Waals surface area contributed by atoms with Gasteiger partial charge in [-0.15, -0.1) is 0 Å². The summed E-state index contributed by atoms with van der Waals surface area (Å²) < 4.78 is 5.72. The minimum absolute atomic E-state index is 0.496. The van der Waals surface area contributed by atoms with E-state index >= 15 is 0 Å². The fourth-order valence-corrected chi connectivity index (χ4v) is 2.38. The number of pyridine rings is 1. The molecule has 4 nitrogen and oxygen atoms in total. The standard InChI is InChI=1S/C18H18ClN3O/c1-12(2)7-10-23-16-11-14(3-4-15(16)19)22-18-17-13(5-8-20-17)6-9-21-18/h3-9,11,20H,10H2,1-2H3,(H,21,22). The van der Waals surface area contributed by atoms with Crippen molar-refractivity contribution in [2.45, 2.75) is 13.8 Å². The van der Waals surface area contributed by atoms with Crippen LogP contribution in [0.25, 0.3) is 10.9 Å². The number of fused-ring (bicyclic) bond motifs is 1. The Morgan fingerprint density at radius 1 is 1.30 bits per heavy atom. The average molecular weight is 328 g/mol. The monoisotopic (exact) mass is 327 g/mol. The lowest BCUT2D eigenvalue weighted by atomic mass is 10.2. The van der Waals surface area contributed by atoms with Gasteiger partial charge in [0.2, 0.25) is 0 Å². The van der Waals surface area contributed by atoms with Crippen molar-refractivity contribution in [2.75, 3.05) is 11.9 Å². The molecule has 1 aromatic carbocycles. The van der Waals surface area contributed by atoms with Gasteiger partial charge in [0.15, 0.2) is 5.82 Å². The van der Waals surface area contributed by atoms with Crippen molar-refractivity contribution in [3.8, 4) is 5.75 Å². The van der Waals surface area contributed by atoms with E-state index < -0.39 is 0 Å². The summed E-state index contributed by atoms with van der Waals surface area (Å²) in [5.74, 6) is 1.41. The highest BCUT2D eigenvalue weighted by Gasteiger charge is 2.07. The molecule has 0 fully saturated rings. The second kappa shape index (κ2) is 6.75. The number of aromatic amines is 1. The molecule has 0 aliphatic carbocycles. The van der Waals surface area contributed by atoms with Crippen LogP contribution in [0.2, 0.25) is 5.02 Å². The maximum Gasteiger partial charge on any atom is 0.154 e. The maximum absolute atomic E-state index is 6.20. The van der Waals surface area contributed by atoms with Crippen LogP contribution in [0.4, 0.5) is 11.5 Å². The molecule has 0 saturated carbocycles. The zero-order valence-electron chi connectivity index (χ0n) is 13.1. The van der Waals surface area contributed by atoms with Gasteiger partial charge in [-0.1, -0.05) is 17.2 Å². The van der Waals surface area contributed by atoms with Crippen LogP contribution in [0, 0.1) is 0 Å². The average Bonchev–Trinajstić information content (AvgIpc) is 2.99. The molecule has 0 radical (unpaired) electrons. The number of hydrogen-bond donors (Lipinski definition) is 2. The summed E-state index contributed by atoms with van der Waals surface area (Å²) in [7, 11) is 0. The number of benzene rings is 1. The first-order chi connectivity index (χ1) is 11.1. The number of nitrogens with zero attached hydrogens (tertiary/aromatic N) is 1. The van der Waals surface area contributed by atoms with E-state index in [1.54, 1.807) is 6.20 Å². The Bertz CT molecular complexity index is 850. The minimum Gasteiger partial charge on any atom is -0.488 e. The van der Waals surface area contributed by atoms with E-state index in [9.17, 15) is 0 Å². The predicted octanol–water partition coefficient (Wildman–Crippen LogP) is 5.30. The molecule has 0 bridgehead atoms. The molecular formula is C18H18ClN3O. The van der Waals surface area contributed by atoms with E-state index in [0.29, 0.717) is 17.4 Å². The summed E-state index contributed by atoms with van der Waals surface area (Å²) in [5.41, 5.74) is 3.05. The third-order valence-electron chi connectivity index (χ3n) is 3.40. The molecule has 0 saturated heterocycles. The summed E-state index contributed by atoms with van der Waals surface area (Å²) >= 11 is 6.20. The molecule has 0 unspecified atom stereocenters. The van der Waals surface area contributed by atoms with E-state index in [0.717, 1.165) is 22.4 Å². The highest BCUT2D eigenvalue weighted by Crippen LogP contribution is 2.30. The maximum atomic E-state index is 6.20. The lowest BCUT2D eigenvalue weighted by molar-refractivity contribution is 0.362. The van der Waals surface area contributed by atoms with Crippen molar-refractivity contribution in [3.63, 3.8) is 0 Å². The Kier molecular flexibility index (Phi) is 4.53. The second-order valence-corrected chi connectivity index (χ2v) is 5.87. The Labute approximate surface area is 140 Å². The van der Waals surface area contributed by atoms with Gasteiger partial charge in [0.1, 0.15) is 12.4 Å². The summed E-state index contributed by atoms with van der Waals surface area (Å²) in [6, 6.07) is 9.58. The first kappa shape index (κ1) is 15.4. The third kappa shape index (κ3) is 3.66. The molecular weight excluding hydrogens is 310 g/mol. The van der Waals surface area contributed by atoms with Crippen LogP contribution in [0.5, 0.6) is 5.75 Å². The number of ether oxygens (including phenoxy) is 1. The van der Waals surface area contributed by atoms with Crippen LogP contribution < -0.4 is 10.1 Å². The highest BCUT2D eigenvalue weighted by molar-refractivity contribution is 6.32. The van der Waals surface area contributed by atoms with E-state index in [4.69, 9.17) is 16.3 Å². The lowest BCUT2D eigenvalue weighted by Gasteiger charge is -2.11. The molecule has 118 valence electrons. The van der Waals surface area contributed by atoms with Gasteiger partial charge in [-0.05, 0) is 44.2 Å². The quantitative estimate of drug-likeness (QED) is 0.625. The molecule has 0 amide bonds. The van der Waals surface area contributed by atoms with Gasteiger partial charge < -0.3 is 15.0 Å². The topological polar surface area (TPSA) is 49.9 Å². The number of allylic oxidation sites excluding steroid dienone is 1. The van der Waals surface area contributed by atoms with Gasteiger partial charge in [0.25, 0.3) is 0 Å². The number of aromatic nitrogens is 2. The SMILES string of the molecule is CC(C)=CCOc1cc(Nc2nccc3cc[nH]c23)ccc1Cl. The van der Waals surface area contributed by atoms with E-state index in [-0.39, 0.29) is 0 Å². The van der Waals surface area contributed by atoms with E-state index in [1.807, 2.05) is 56.5 Å². The number of halogens is 1. The molecule has 0 atom stereocenters. The Morgan fingerprint density at radius 3 is 3.00 bits per heavy atom. The zero-order chi connectivity index (χ0) is 16.2. The Hall–Kier alpha value is -2.46. The molecule has 3 aromatic rings. The largest absolute Gasteiger partial charge is 0.488 e. The van der Waals surface area contributed by atoms with Crippen molar-refractivity contribution in [1.29, 1.82) is 0 Å². The number of rotatable bonds is 5. The fourth-order valence-electron chi connectivity index (χ4n) is 2.20. The van der Waals surface area contributed by atoms with Crippen LogP contribution in [0.1, 0.15) is 13.8 Å². The molecule has 0 spiro atoms. The molecule has 0 aliphatic rings. The Balaban J connectivity index is 1.83. The van der Waals surface area contributed by atoms with E-state index in [2.05, 4.69) is 15.3 Å². The summed E-state index contributed by atoms with van der Waals surface area (Å²) in [6.45, 7) is 4.56. The number of anilines is 2. The summed E-state index contributed by atoms with van der Waals surface area (Å²) in [5, 5.41) is 5.00. The van der Waals surface area contributed by atoms with Gasteiger partial charge in [-0.3, -0.25) is 0 Å². The number of nitrogens with one attached hydrogen (secondary N) is 2. The van der Waals surface area contributed by atoms with Crippen LogP contribution in [-0.2, 0) is 0 Å². The normalized spacial score (nSPS) is 10.6. The molecule has 3 rings (SSSR count). The first-order valence-corrected chi connectivity index (χ1v) is 7.76. The van der Waals surface area contributed by atoms with Gasteiger partial charge >= 0.3 is 0 Å². The molecule has 5 heteroatoms. The molecule has 23 heavy (non-hydrogen) atoms. The number of H-pyrrole nitrogens is 1. The predicted molar refractivity (Wildman–Crippen MR) is 95.8 cm³/mol. The van der Waals surface area contributed by atoms with Gasteiger partial charge in [-0.25, -0.2) is 4.98 Å². The highest BCUT2D eigenvalue weighted by atomic mass is 35.5. The van der Waals surface area contributed by atoms with Crippen LogP contribution in [0.3, 0.4) is 0 Å². The second-order valence-electron chi connectivity index (χ2n) is 5.46. The van der Waals surface area contributed by atoms with Crippen LogP contribution in [0.15, 0.2) is 54.4 Å². The van der Waals surface area contributed by atoms with Crippen molar-refractivity contribution >= 4 is 34.0 Å². The van der Waals surface area contributed by atoms with Crippen molar-refractivity contribution in [1.82, 2.24) is 9.97 Å². The number of hydrogen-bond acceptors (Lipinski definition) is 3. The molecule has 2 N–H and O–H groups in total. The minimum atomic E-state index is 0.496. The lowest BCUT2D eigenvalue weighted by Crippen LogP contribution is -1.98. The third-order valence-corrected chi connectivity index (χ3v) is 3.71. The Morgan fingerprint density at radius 2 is 2.17 bits per heavy atom. The summed E-state index contributed by atoms with van der Waals surface area (Å²) in [6.07, 6.45) is 5.69. The van der Waals surface area contributed by atoms with Crippen molar-refractivity contribution in [2.24, 2.45) is 0 Å². The molecule has 2 aromatic heterocycles. The van der Waals surface area contributed by atoms with Crippen LogP contribution >= 0.6 is 11.6 Å². The van der Waals surface area contributed by atoms with Crippen molar-refractivity contribution in [3.05, 3.63) is 59.4 Å². The molecule has 0 aliphatic heterocycles. The summed E-state index contributed by atoms with van der Waals surface area (Å²) in [4.78, 5) is 7.58. The van der Waals surface area contributed by atoms with Crippen LogP contribution in [-0.4, -0.2) is 16.6 Å².